The van der Waals surface area contributed by atoms with Crippen LogP contribution in [-0.4, -0.2) is 24.9 Å². The van der Waals surface area contributed by atoms with Crippen LogP contribution < -0.4 is 10.6 Å². The summed E-state index contributed by atoms with van der Waals surface area (Å²) in [5.41, 5.74) is 0.862. The molecule has 0 aliphatic heterocycles. The van der Waals surface area contributed by atoms with Crippen LogP contribution in [0.3, 0.4) is 0 Å². The highest BCUT2D eigenvalue weighted by Crippen LogP contribution is 2.03. The molecule has 100 valence electrons. The number of carbonyl (C=O) groups is 2. The van der Waals surface area contributed by atoms with E-state index in [1.165, 1.54) is 6.07 Å². The normalized spacial score (nSPS) is 9.47. The lowest BCUT2D eigenvalue weighted by Crippen LogP contribution is -2.31. The van der Waals surface area contributed by atoms with Crippen molar-refractivity contribution in [1.29, 1.82) is 5.26 Å². The van der Waals surface area contributed by atoms with Gasteiger partial charge in [-0.05, 0) is 24.6 Å². The van der Waals surface area contributed by atoms with E-state index in [9.17, 15) is 9.59 Å². The fraction of sp³-hybridized carbons (Fsp3) is 0.357. The van der Waals surface area contributed by atoms with E-state index in [4.69, 9.17) is 5.26 Å². The lowest BCUT2D eigenvalue weighted by atomic mass is 10.1. The molecule has 19 heavy (non-hydrogen) atoms. The predicted octanol–water partition coefficient (Wildman–Crippen LogP) is 1.20. The van der Waals surface area contributed by atoms with E-state index in [0.717, 1.165) is 6.42 Å². The number of hydrogen-bond donors (Lipinski definition) is 2. The van der Waals surface area contributed by atoms with Gasteiger partial charge in [-0.1, -0.05) is 13.0 Å². The number of nitrogens with zero attached hydrogens (tertiary/aromatic N) is 1. The SMILES string of the molecule is CCCNC(=O)CCNC(=O)c1cccc(C#N)c1. The van der Waals surface area contributed by atoms with Crippen molar-refractivity contribution >= 4 is 11.8 Å². The van der Waals surface area contributed by atoms with Crippen LogP contribution in [0.25, 0.3) is 0 Å². The van der Waals surface area contributed by atoms with Crippen LogP contribution in [0.1, 0.15) is 35.7 Å². The third-order valence-corrected chi connectivity index (χ3v) is 2.46. The quantitative estimate of drug-likeness (QED) is 0.805. The molecule has 2 amide bonds. The number of rotatable bonds is 6. The third-order valence-electron chi connectivity index (χ3n) is 2.46. The van der Waals surface area contributed by atoms with Crippen LogP contribution in [-0.2, 0) is 4.79 Å². The number of hydrogen-bond acceptors (Lipinski definition) is 3. The molecule has 0 aliphatic carbocycles. The van der Waals surface area contributed by atoms with Gasteiger partial charge in [0.25, 0.3) is 5.91 Å². The summed E-state index contributed by atoms with van der Waals surface area (Å²) in [7, 11) is 0. The molecule has 0 saturated heterocycles. The molecule has 0 saturated carbocycles. The zero-order valence-corrected chi connectivity index (χ0v) is 10.9. The number of amides is 2. The van der Waals surface area contributed by atoms with Crippen LogP contribution in [0, 0.1) is 11.3 Å². The van der Waals surface area contributed by atoms with E-state index in [0.29, 0.717) is 17.7 Å². The van der Waals surface area contributed by atoms with Gasteiger partial charge in [-0.2, -0.15) is 5.26 Å². The summed E-state index contributed by atoms with van der Waals surface area (Å²) < 4.78 is 0. The fourth-order valence-corrected chi connectivity index (χ4v) is 1.47. The van der Waals surface area contributed by atoms with E-state index >= 15 is 0 Å². The molecule has 0 spiro atoms. The maximum absolute atomic E-state index is 11.8. The summed E-state index contributed by atoms with van der Waals surface area (Å²) in [5.74, 6) is -0.353. The fourth-order valence-electron chi connectivity index (χ4n) is 1.47. The van der Waals surface area contributed by atoms with Crippen molar-refractivity contribution in [2.24, 2.45) is 0 Å². The molecule has 0 bridgehead atoms. The molecular formula is C14H17N3O2. The Balaban J connectivity index is 2.39. The summed E-state index contributed by atoms with van der Waals surface area (Å²) in [6.45, 7) is 2.91. The maximum Gasteiger partial charge on any atom is 0.251 e. The van der Waals surface area contributed by atoms with Crippen molar-refractivity contribution < 1.29 is 9.59 Å². The minimum atomic E-state index is -0.277. The molecule has 2 N–H and O–H groups in total. The highest BCUT2D eigenvalue weighted by Gasteiger charge is 2.06. The van der Waals surface area contributed by atoms with Gasteiger partial charge < -0.3 is 10.6 Å². The average molecular weight is 259 g/mol. The van der Waals surface area contributed by atoms with Crippen molar-refractivity contribution in [2.75, 3.05) is 13.1 Å². The van der Waals surface area contributed by atoms with E-state index in [1.54, 1.807) is 18.2 Å². The summed E-state index contributed by atoms with van der Waals surface area (Å²) >= 11 is 0. The van der Waals surface area contributed by atoms with E-state index in [1.807, 2.05) is 13.0 Å². The van der Waals surface area contributed by atoms with Crippen molar-refractivity contribution in [2.45, 2.75) is 19.8 Å². The van der Waals surface area contributed by atoms with Crippen LogP contribution in [0.2, 0.25) is 0 Å². The topological polar surface area (TPSA) is 82.0 Å². The van der Waals surface area contributed by atoms with Crippen molar-refractivity contribution in [3.63, 3.8) is 0 Å². The molecule has 1 aromatic carbocycles. The van der Waals surface area contributed by atoms with Crippen molar-refractivity contribution in [1.82, 2.24) is 10.6 Å². The number of nitriles is 1. The first-order valence-corrected chi connectivity index (χ1v) is 6.22. The van der Waals surface area contributed by atoms with Gasteiger partial charge in [-0.15, -0.1) is 0 Å². The van der Waals surface area contributed by atoms with Gasteiger partial charge in [0.1, 0.15) is 0 Å². The van der Waals surface area contributed by atoms with Crippen LogP contribution in [0.15, 0.2) is 24.3 Å². The second kappa shape index (κ2) is 7.88. The largest absolute Gasteiger partial charge is 0.356 e. The van der Waals surface area contributed by atoms with E-state index < -0.39 is 0 Å². The van der Waals surface area contributed by atoms with Crippen molar-refractivity contribution in [3.8, 4) is 6.07 Å². The maximum atomic E-state index is 11.8. The Kier molecular flexibility index (Phi) is 6.10. The second-order valence-corrected chi connectivity index (χ2v) is 4.05. The standard InChI is InChI=1S/C14H17N3O2/c1-2-7-16-13(18)6-8-17-14(19)12-5-3-4-11(9-12)10-15/h3-5,9H,2,6-8H2,1H3,(H,16,18)(H,17,19). The summed E-state index contributed by atoms with van der Waals surface area (Å²) in [6.07, 6.45) is 1.14. The Morgan fingerprint density at radius 3 is 2.74 bits per heavy atom. The Morgan fingerprint density at radius 2 is 2.05 bits per heavy atom. The third kappa shape index (κ3) is 5.21. The van der Waals surface area contributed by atoms with Gasteiger partial charge in [-0.25, -0.2) is 0 Å². The molecule has 1 aromatic rings. The molecule has 5 nitrogen and oxygen atoms in total. The minimum Gasteiger partial charge on any atom is -0.356 e. The van der Waals surface area contributed by atoms with E-state index in [-0.39, 0.29) is 24.8 Å². The van der Waals surface area contributed by atoms with Gasteiger partial charge in [0, 0.05) is 25.1 Å². The second-order valence-electron chi connectivity index (χ2n) is 4.05. The lowest BCUT2D eigenvalue weighted by molar-refractivity contribution is -0.120. The molecule has 0 unspecified atom stereocenters. The van der Waals surface area contributed by atoms with Gasteiger partial charge in [0.05, 0.1) is 11.6 Å². The zero-order chi connectivity index (χ0) is 14.1. The summed E-state index contributed by atoms with van der Waals surface area (Å²) in [5, 5.41) is 14.1. The molecule has 0 aromatic heterocycles. The first kappa shape index (κ1) is 14.7. The molecule has 0 atom stereocenters. The molecule has 5 heteroatoms. The Labute approximate surface area is 112 Å². The van der Waals surface area contributed by atoms with Crippen LogP contribution in [0.4, 0.5) is 0 Å². The van der Waals surface area contributed by atoms with E-state index in [2.05, 4.69) is 10.6 Å². The highest BCUT2D eigenvalue weighted by atomic mass is 16.2. The molecule has 0 heterocycles. The smallest absolute Gasteiger partial charge is 0.251 e. The average Bonchev–Trinajstić information content (AvgIpc) is 2.45. The van der Waals surface area contributed by atoms with Crippen LogP contribution >= 0.6 is 0 Å². The highest BCUT2D eigenvalue weighted by molar-refractivity contribution is 5.94. The molecule has 0 aliphatic rings. The minimum absolute atomic E-state index is 0.0760. The Hall–Kier alpha value is -2.35. The number of benzene rings is 1. The monoisotopic (exact) mass is 259 g/mol. The van der Waals surface area contributed by atoms with Gasteiger partial charge in [0.2, 0.25) is 5.91 Å². The summed E-state index contributed by atoms with van der Waals surface area (Å²) in [6, 6.07) is 8.42. The first-order chi connectivity index (χ1) is 9.17. The predicted molar refractivity (Wildman–Crippen MR) is 71.4 cm³/mol. The molecule has 1 rings (SSSR count). The Bertz CT molecular complexity index is 492. The number of nitrogens with one attached hydrogen (secondary N) is 2. The van der Waals surface area contributed by atoms with Gasteiger partial charge >= 0.3 is 0 Å². The molecular weight excluding hydrogens is 242 g/mol. The number of carbonyl (C=O) groups excluding carboxylic acids is 2. The lowest BCUT2D eigenvalue weighted by Gasteiger charge is -2.06. The van der Waals surface area contributed by atoms with Crippen LogP contribution in [0.5, 0.6) is 0 Å². The van der Waals surface area contributed by atoms with Crippen molar-refractivity contribution in [3.05, 3.63) is 35.4 Å². The summed E-state index contributed by atoms with van der Waals surface area (Å²) in [4.78, 5) is 23.1. The molecule has 0 fully saturated rings. The van der Waals surface area contributed by atoms with Gasteiger partial charge in [-0.3, -0.25) is 9.59 Å². The zero-order valence-electron chi connectivity index (χ0n) is 10.9. The first-order valence-electron chi connectivity index (χ1n) is 6.22. The Morgan fingerprint density at radius 1 is 1.26 bits per heavy atom. The molecule has 0 radical (unpaired) electrons. The van der Waals surface area contributed by atoms with Gasteiger partial charge in [0.15, 0.2) is 0 Å².